The van der Waals surface area contributed by atoms with Crippen LogP contribution in [-0.4, -0.2) is 19.0 Å². The predicted molar refractivity (Wildman–Crippen MR) is 54.9 cm³/mol. The van der Waals surface area contributed by atoms with Gasteiger partial charge in [-0.05, 0) is 32.1 Å². The van der Waals surface area contributed by atoms with Gasteiger partial charge < -0.3 is 0 Å². The molecular weight excluding hydrogens is 162 g/mol. The van der Waals surface area contributed by atoms with Crippen LogP contribution in [0, 0.1) is 6.92 Å². The van der Waals surface area contributed by atoms with Crippen molar-refractivity contribution < 1.29 is 0 Å². The maximum absolute atomic E-state index is 5.48. The molecule has 0 aliphatic carbocycles. The molecule has 0 aliphatic rings. The number of aryl methyl sites for hydroxylation is 1. The third-order valence-corrected chi connectivity index (χ3v) is 2.16. The number of hydrogen-bond acceptors (Lipinski definition) is 3. The molecular formula is C10H17N3. The Bertz CT molecular complexity index is 271. The number of benzene rings is 1. The van der Waals surface area contributed by atoms with Crippen molar-refractivity contribution in [2.45, 2.75) is 13.1 Å². The van der Waals surface area contributed by atoms with E-state index >= 15 is 0 Å². The third-order valence-electron chi connectivity index (χ3n) is 2.16. The maximum atomic E-state index is 5.48. The molecule has 0 aromatic heterocycles. The van der Waals surface area contributed by atoms with Crippen LogP contribution in [0.15, 0.2) is 24.3 Å². The topological polar surface area (TPSA) is 41.3 Å². The highest BCUT2D eigenvalue weighted by atomic mass is 15.4. The number of hydrazine groups is 1. The van der Waals surface area contributed by atoms with E-state index in [9.17, 15) is 0 Å². The largest absolute Gasteiger partial charge is 0.289 e. The van der Waals surface area contributed by atoms with Gasteiger partial charge in [0.25, 0.3) is 0 Å². The van der Waals surface area contributed by atoms with Gasteiger partial charge in [0.2, 0.25) is 0 Å². The Morgan fingerprint density at radius 2 is 1.92 bits per heavy atom. The van der Waals surface area contributed by atoms with E-state index in [0.29, 0.717) is 0 Å². The van der Waals surface area contributed by atoms with Crippen LogP contribution in [0.25, 0.3) is 0 Å². The molecule has 0 fully saturated rings. The fourth-order valence-electron chi connectivity index (χ4n) is 1.41. The SMILES string of the molecule is Cc1ccccc1C(NN)N(C)C. The van der Waals surface area contributed by atoms with Gasteiger partial charge in [0, 0.05) is 0 Å². The highest BCUT2D eigenvalue weighted by molar-refractivity contribution is 5.28. The van der Waals surface area contributed by atoms with Crippen molar-refractivity contribution >= 4 is 0 Å². The number of nitrogens with one attached hydrogen (secondary N) is 1. The molecule has 1 rings (SSSR count). The summed E-state index contributed by atoms with van der Waals surface area (Å²) in [5.74, 6) is 5.48. The van der Waals surface area contributed by atoms with Crippen LogP contribution in [0.4, 0.5) is 0 Å². The molecule has 3 N–H and O–H groups in total. The summed E-state index contributed by atoms with van der Waals surface area (Å²) in [5.41, 5.74) is 5.25. The highest BCUT2D eigenvalue weighted by Gasteiger charge is 2.12. The molecule has 1 aromatic carbocycles. The van der Waals surface area contributed by atoms with Crippen molar-refractivity contribution in [3.8, 4) is 0 Å². The summed E-state index contributed by atoms with van der Waals surface area (Å²) < 4.78 is 0. The van der Waals surface area contributed by atoms with E-state index in [1.54, 1.807) is 0 Å². The van der Waals surface area contributed by atoms with Gasteiger partial charge in [0.15, 0.2) is 0 Å². The molecule has 1 unspecified atom stereocenters. The van der Waals surface area contributed by atoms with Crippen molar-refractivity contribution in [3.05, 3.63) is 35.4 Å². The van der Waals surface area contributed by atoms with Crippen molar-refractivity contribution in [1.29, 1.82) is 0 Å². The Morgan fingerprint density at radius 3 is 2.38 bits per heavy atom. The molecule has 0 heterocycles. The van der Waals surface area contributed by atoms with E-state index in [-0.39, 0.29) is 6.17 Å². The number of nitrogens with zero attached hydrogens (tertiary/aromatic N) is 1. The second kappa shape index (κ2) is 4.37. The van der Waals surface area contributed by atoms with Crippen LogP contribution in [-0.2, 0) is 0 Å². The normalized spacial score (nSPS) is 13.3. The minimum atomic E-state index is 0.0844. The molecule has 13 heavy (non-hydrogen) atoms. The fraction of sp³-hybridized carbons (Fsp3) is 0.400. The lowest BCUT2D eigenvalue weighted by Crippen LogP contribution is -2.38. The molecule has 0 saturated carbocycles. The van der Waals surface area contributed by atoms with E-state index in [0.717, 1.165) is 0 Å². The summed E-state index contributed by atoms with van der Waals surface area (Å²) in [5, 5.41) is 0. The van der Waals surface area contributed by atoms with Crippen molar-refractivity contribution in [2.24, 2.45) is 5.84 Å². The van der Waals surface area contributed by atoms with Crippen LogP contribution in [0.5, 0.6) is 0 Å². The van der Waals surface area contributed by atoms with Crippen LogP contribution < -0.4 is 11.3 Å². The smallest absolute Gasteiger partial charge is 0.0983 e. The molecule has 0 bridgehead atoms. The van der Waals surface area contributed by atoms with Crippen LogP contribution >= 0.6 is 0 Å². The van der Waals surface area contributed by atoms with Gasteiger partial charge in [0.1, 0.15) is 0 Å². The van der Waals surface area contributed by atoms with Crippen molar-refractivity contribution in [3.63, 3.8) is 0 Å². The van der Waals surface area contributed by atoms with Crippen LogP contribution in [0.3, 0.4) is 0 Å². The summed E-state index contributed by atoms with van der Waals surface area (Å²) in [6, 6.07) is 8.22. The number of hydrogen-bond donors (Lipinski definition) is 2. The monoisotopic (exact) mass is 179 g/mol. The number of nitrogens with two attached hydrogens (primary N) is 1. The first-order valence-corrected chi connectivity index (χ1v) is 4.35. The molecule has 0 spiro atoms. The maximum Gasteiger partial charge on any atom is 0.0983 e. The first-order chi connectivity index (χ1) is 6.16. The predicted octanol–water partition coefficient (Wildman–Crippen LogP) is 1.02. The van der Waals surface area contributed by atoms with E-state index in [1.165, 1.54) is 11.1 Å². The fourth-order valence-corrected chi connectivity index (χ4v) is 1.41. The van der Waals surface area contributed by atoms with Crippen LogP contribution in [0.1, 0.15) is 17.3 Å². The molecule has 1 aromatic rings. The van der Waals surface area contributed by atoms with Crippen molar-refractivity contribution in [1.82, 2.24) is 10.3 Å². The molecule has 3 heteroatoms. The lowest BCUT2D eigenvalue weighted by atomic mass is 10.1. The van der Waals surface area contributed by atoms with E-state index < -0.39 is 0 Å². The Hall–Kier alpha value is -0.900. The second-order valence-electron chi connectivity index (χ2n) is 3.39. The molecule has 72 valence electrons. The van der Waals surface area contributed by atoms with Gasteiger partial charge >= 0.3 is 0 Å². The van der Waals surface area contributed by atoms with Crippen molar-refractivity contribution in [2.75, 3.05) is 14.1 Å². The summed E-state index contributed by atoms with van der Waals surface area (Å²) in [4.78, 5) is 2.04. The van der Waals surface area contributed by atoms with E-state index in [4.69, 9.17) is 5.84 Å². The lowest BCUT2D eigenvalue weighted by molar-refractivity contribution is 0.252. The van der Waals surface area contributed by atoms with Gasteiger partial charge in [0.05, 0.1) is 6.17 Å². The Balaban J connectivity index is 2.97. The van der Waals surface area contributed by atoms with E-state index in [1.807, 2.05) is 31.1 Å². The Labute approximate surface area is 79.5 Å². The molecule has 1 atom stereocenters. The molecule has 0 amide bonds. The summed E-state index contributed by atoms with van der Waals surface area (Å²) >= 11 is 0. The van der Waals surface area contributed by atoms with Gasteiger partial charge in [-0.25, -0.2) is 5.43 Å². The second-order valence-corrected chi connectivity index (χ2v) is 3.39. The average Bonchev–Trinajstić information content (AvgIpc) is 2.09. The first-order valence-electron chi connectivity index (χ1n) is 4.35. The highest BCUT2D eigenvalue weighted by Crippen LogP contribution is 2.17. The van der Waals surface area contributed by atoms with Gasteiger partial charge in [-0.2, -0.15) is 0 Å². The third kappa shape index (κ3) is 2.28. The quantitative estimate of drug-likeness (QED) is 0.413. The molecule has 3 nitrogen and oxygen atoms in total. The minimum Gasteiger partial charge on any atom is -0.289 e. The van der Waals surface area contributed by atoms with E-state index in [2.05, 4.69) is 24.5 Å². The summed E-state index contributed by atoms with van der Waals surface area (Å²) in [6.07, 6.45) is 0.0844. The summed E-state index contributed by atoms with van der Waals surface area (Å²) in [6.45, 7) is 2.09. The lowest BCUT2D eigenvalue weighted by Gasteiger charge is -2.25. The average molecular weight is 179 g/mol. The zero-order chi connectivity index (χ0) is 9.84. The Kier molecular flexibility index (Phi) is 3.42. The summed E-state index contributed by atoms with van der Waals surface area (Å²) in [7, 11) is 3.99. The van der Waals surface area contributed by atoms with Gasteiger partial charge in [-0.15, -0.1) is 0 Å². The number of rotatable bonds is 3. The van der Waals surface area contributed by atoms with Gasteiger partial charge in [-0.1, -0.05) is 24.3 Å². The zero-order valence-electron chi connectivity index (χ0n) is 8.41. The molecule has 0 radical (unpaired) electrons. The first kappa shape index (κ1) is 10.2. The van der Waals surface area contributed by atoms with Crippen LogP contribution in [0.2, 0.25) is 0 Å². The standard InChI is InChI=1S/C10H17N3/c1-8-6-4-5-7-9(8)10(12-11)13(2)3/h4-7,10,12H,11H2,1-3H3. The molecule has 0 aliphatic heterocycles. The molecule has 0 saturated heterocycles. The van der Waals surface area contributed by atoms with Gasteiger partial charge in [-0.3, -0.25) is 10.7 Å². The Morgan fingerprint density at radius 1 is 1.31 bits per heavy atom. The minimum absolute atomic E-state index is 0.0844. The zero-order valence-corrected chi connectivity index (χ0v) is 8.41.